The summed E-state index contributed by atoms with van der Waals surface area (Å²) in [6.45, 7) is 5.05. The second-order valence-electron chi connectivity index (χ2n) is 14.8. The number of aliphatic carboxylic acids is 1. The van der Waals surface area contributed by atoms with Crippen molar-refractivity contribution in [2.24, 2.45) is 11.1 Å². The van der Waals surface area contributed by atoms with E-state index in [1.54, 1.807) is 10.8 Å². The fourth-order valence-electron chi connectivity index (χ4n) is 6.05. The highest BCUT2D eigenvalue weighted by Gasteiger charge is 2.39. The number of hydrogen-bond donors (Lipinski definition) is 5. The molecule has 1 aromatic heterocycles. The second-order valence-corrected chi connectivity index (χ2v) is 16.5. The van der Waals surface area contributed by atoms with E-state index in [1.807, 2.05) is 51.1 Å². The number of rotatable bonds is 19. The molecular formula is C40H48F5N7O9S. The van der Waals surface area contributed by atoms with Crippen molar-refractivity contribution in [1.29, 1.82) is 0 Å². The van der Waals surface area contributed by atoms with Crippen molar-refractivity contribution in [1.82, 2.24) is 30.0 Å². The van der Waals surface area contributed by atoms with Crippen LogP contribution in [-0.4, -0.2) is 126 Å². The molecule has 0 spiro atoms. The monoisotopic (exact) mass is 897 g/mol. The summed E-state index contributed by atoms with van der Waals surface area (Å²) in [6, 6.07) is 10.5. The molecule has 0 fully saturated rings. The van der Waals surface area contributed by atoms with Crippen molar-refractivity contribution in [2.45, 2.75) is 58.4 Å². The number of aromatic nitrogens is 2. The lowest BCUT2D eigenvalue weighted by Gasteiger charge is -2.40. The average molecular weight is 898 g/mol. The molecule has 62 heavy (non-hydrogen) atoms. The molecule has 5 amide bonds. The third kappa shape index (κ3) is 15.2. The number of imide groups is 1. The number of nitrogens with one attached hydrogen (secondary N) is 2. The number of amides is 5. The van der Waals surface area contributed by atoms with E-state index in [9.17, 15) is 55.2 Å². The van der Waals surface area contributed by atoms with Crippen molar-refractivity contribution in [3.63, 3.8) is 0 Å². The van der Waals surface area contributed by atoms with Gasteiger partial charge in [-0.15, -0.1) is 0 Å². The number of aliphatic hydroxyl groups is 1. The van der Waals surface area contributed by atoms with Crippen LogP contribution in [0, 0.1) is 17.0 Å². The molecule has 0 radical (unpaired) electrons. The average Bonchev–Trinajstić information content (AvgIpc) is 3.76. The van der Waals surface area contributed by atoms with Crippen molar-refractivity contribution in [2.75, 3.05) is 44.3 Å². The van der Waals surface area contributed by atoms with Gasteiger partial charge in [0.1, 0.15) is 24.1 Å². The highest BCUT2D eigenvalue weighted by atomic mass is 32.2. The topological polar surface area (TPSA) is 234 Å². The fraction of sp³-hybridized carbons (Fsp3) is 0.425. The molecule has 2 heterocycles. The van der Waals surface area contributed by atoms with Gasteiger partial charge in [0.15, 0.2) is 0 Å². The summed E-state index contributed by atoms with van der Waals surface area (Å²) in [5, 5.41) is 22.4. The lowest BCUT2D eigenvalue weighted by atomic mass is 9.84. The molecule has 338 valence electrons. The number of nitrogens with two attached hydrogens (primary N) is 1. The largest absolute Gasteiger partial charge is 0.490 e. The van der Waals surface area contributed by atoms with E-state index in [1.165, 1.54) is 4.90 Å². The zero-order valence-corrected chi connectivity index (χ0v) is 34.8. The predicted octanol–water partition coefficient (Wildman–Crippen LogP) is 2.43. The van der Waals surface area contributed by atoms with Gasteiger partial charge in [0.05, 0.1) is 17.8 Å². The first-order valence-electron chi connectivity index (χ1n) is 19.0. The number of carboxylic acid groups (broad SMARTS) is 1. The lowest BCUT2D eigenvalue weighted by molar-refractivity contribution is -0.192. The minimum Gasteiger partial charge on any atom is -0.475 e. The van der Waals surface area contributed by atoms with E-state index in [0.29, 0.717) is 5.82 Å². The first-order chi connectivity index (χ1) is 29.0. The molecule has 0 aliphatic carbocycles. The van der Waals surface area contributed by atoms with Crippen LogP contribution < -0.4 is 16.4 Å². The molecule has 1 aliphatic heterocycles. The summed E-state index contributed by atoms with van der Waals surface area (Å²) in [7, 11) is -1.46. The Hall–Kier alpha value is -5.87. The van der Waals surface area contributed by atoms with Gasteiger partial charge in [-0.3, -0.25) is 33.1 Å². The number of alkyl halides is 3. The van der Waals surface area contributed by atoms with Gasteiger partial charge in [0.2, 0.25) is 17.7 Å². The molecule has 1 aliphatic rings. The van der Waals surface area contributed by atoms with E-state index in [4.69, 9.17) is 20.6 Å². The molecule has 0 bridgehead atoms. The summed E-state index contributed by atoms with van der Waals surface area (Å²) in [4.78, 5) is 77.7. The maximum atomic E-state index is 15.0. The Morgan fingerprint density at radius 2 is 1.58 bits per heavy atom. The third-order valence-electron chi connectivity index (χ3n) is 9.04. The summed E-state index contributed by atoms with van der Waals surface area (Å²) in [6.07, 6.45) is -1.28. The highest BCUT2D eigenvalue weighted by Crippen LogP contribution is 2.39. The third-order valence-corrected chi connectivity index (χ3v) is 10.4. The van der Waals surface area contributed by atoms with Gasteiger partial charge in [0, 0.05) is 85.4 Å². The molecule has 16 nitrogen and oxygen atoms in total. The van der Waals surface area contributed by atoms with Crippen molar-refractivity contribution < 1.29 is 65.1 Å². The number of benzene rings is 2. The summed E-state index contributed by atoms with van der Waals surface area (Å²) >= 11 is 0. The van der Waals surface area contributed by atoms with Crippen LogP contribution in [0.2, 0.25) is 0 Å². The lowest BCUT2D eigenvalue weighted by Crippen LogP contribution is -2.48. The Labute approximate surface area is 355 Å². The number of carboxylic acids is 1. The Kier molecular flexibility index (Phi) is 18.6. The van der Waals surface area contributed by atoms with Crippen molar-refractivity contribution in [3.8, 4) is 11.3 Å². The van der Waals surface area contributed by atoms with Gasteiger partial charge in [-0.1, -0.05) is 51.1 Å². The van der Waals surface area contributed by atoms with E-state index in [0.717, 1.165) is 40.8 Å². The smallest absolute Gasteiger partial charge is 0.475 e. The Morgan fingerprint density at radius 1 is 0.952 bits per heavy atom. The van der Waals surface area contributed by atoms with Crippen molar-refractivity contribution >= 4 is 46.3 Å². The first kappa shape index (κ1) is 50.5. The minimum atomic E-state index is -5.08. The molecule has 0 saturated heterocycles. The molecule has 3 unspecified atom stereocenters. The standard InChI is InChI=1S/C38H47F2N7O7S.C2HF3O2/c1-38(2,3)35(36-44-30(27-21-26(39)9-10-28(27)40)23-45(36)22-25-7-5-4-6-8-25)47(34(52)24-48)17-13-29(41)37(53)43-16-20-55(54)19-14-31(49)42-15-18-46-32(50)11-12-33(46)51;3-2(4,5)1(6)7/h4-12,21,23,29,35,48H,13-20,22,24,41H2,1-3H3,(H,42,49)(H,43,53);(H,6,7). The van der Waals surface area contributed by atoms with Gasteiger partial charge < -0.3 is 36.0 Å². The maximum absolute atomic E-state index is 15.0. The molecule has 6 N–H and O–H groups in total. The first-order valence-corrected chi connectivity index (χ1v) is 20.5. The van der Waals surface area contributed by atoms with Crippen LogP contribution in [0.4, 0.5) is 22.0 Å². The number of hydrogen-bond acceptors (Lipinski definition) is 10. The Balaban J connectivity index is 0.00000134. The Bertz CT molecular complexity index is 2110. The van der Waals surface area contributed by atoms with Crippen LogP contribution in [0.25, 0.3) is 11.3 Å². The minimum absolute atomic E-state index is 0.00713. The van der Waals surface area contributed by atoms with Crippen LogP contribution in [0.15, 0.2) is 66.9 Å². The second kappa shape index (κ2) is 22.8. The van der Waals surface area contributed by atoms with Crippen LogP contribution in [0.1, 0.15) is 51.0 Å². The van der Waals surface area contributed by atoms with Gasteiger partial charge in [0.25, 0.3) is 11.8 Å². The summed E-state index contributed by atoms with van der Waals surface area (Å²) in [5.41, 5.74) is 6.47. The van der Waals surface area contributed by atoms with E-state index in [-0.39, 0.29) is 68.3 Å². The van der Waals surface area contributed by atoms with Crippen molar-refractivity contribution in [3.05, 3.63) is 89.9 Å². The molecule has 3 atom stereocenters. The number of carbonyl (C=O) groups is 6. The Morgan fingerprint density at radius 3 is 2.16 bits per heavy atom. The molecule has 2 aromatic carbocycles. The quantitative estimate of drug-likeness (QED) is 0.0866. The molecule has 22 heteroatoms. The van der Waals surface area contributed by atoms with Gasteiger partial charge in [-0.05, 0) is 35.6 Å². The van der Waals surface area contributed by atoms with E-state index in [2.05, 4.69) is 10.6 Å². The van der Waals surface area contributed by atoms with E-state index >= 15 is 0 Å². The van der Waals surface area contributed by atoms with Crippen LogP contribution in [-0.2, 0) is 46.1 Å². The van der Waals surface area contributed by atoms with Gasteiger partial charge >= 0.3 is 12.1 Å². The molecular weight excluding hydrogens is 850 g/mol. The normalized spacial score (nSPS) is 14.1. The molecule has 4 rings (SSSR count). The van der Waals surface area contributed by atoms with Gasteiger partial charge in [-0.25, -0.2) is 18.6 Å². The number of carbonyl (C=O) groups excluding carboxylic acids is 5. The number of halogens is 5. The SMILES string of the molecule is CC(C)(C)C(c1nc(-c2cc(F)ccc2F)cn1Cc1ccccc1)N(CCC(N)C(=O)NCCS(=O)CCC(=O)NCCN1C(=O)C=CC1=O)C(=O)CO.O=C(O)C(F)(F)F. The highest BCUT2D eigenvalue weighted by molar-refractivity contribution is 7.85. The van der Waals surface area contributed by atoms with Crippen LogP contribution in [0.3, 0.4) is 0 Å². The summed E-state index contributed by atoms with van der Waals surface area (Å²) < 4.78 is 75.2. The maximum Gasteiger partial charge on any atom is 0.490 e. The van der Waals surface area contributed by atoms with Crippen LogP contribution >= 0.6 is 0 Å². The van der Waals surface area contributed by atoms with E-state index < -0.39 is 88.2 Å². The predicted molar refractivity (Wildman–Crippen MR) is 215 cm³/mol. The number of aliphatic hydroxyl groups excluding tert-OH is 1. The number of imidazole rings is 1. The summed E-state index contributed by atoms with van der Waals surface area (Å²) in [5.74, 6) is -6.19. The fourth-order valence-corrected chi connectivity index (χ4v) is 6.99. The van der Waals surface area contributed by atoms with Gasteiger partial charge in [-0.2, -0.15) is 13.2 Å². The van der Waals surface area contributed by atoms with Crippen LogP contribution in [0.5, 0.6) is 0 Å². The molecule has 3 aromatic rings. The zero-order valence-electron chi connectivity index (χ0n) is 34.0. The number of nitrogens with zero attached hydrogens (tertiary/aromatic N) is 4. The zero-order chi connectivity index (χ0) is 46.4. The molecule has 0 saturated carbocycles.